The predicted octanol–water partition coefficient (Wildman–Crippen LogP) is 1.48. The van der Waals surface area contributed by atoms with Gasteiger partial charge in [-0.25, -0.2) is 4.79 Å². The van der Waals surface area contributed by atoms with Crippen molar-refractivity contribution in [2.24, 2.45) is 0 Å². The minimum absolute atomic E-state index is 0.204. The third-order valence-electron chi connectivity index (χ3n) is 3.21. The van der Waals surface area contributed by atoms with E-state index in [1.807, 2.05) is 7.05 Å². The summed E-state index contributed by atoms with van der Waals surface area (Å²) in [4.78, 5) is 24.8. The van der Waals surface area contributed by atoms with Crippen LogP contribution in [0, 0.1) is 0 Å². The van der Waals surface area contributed by atoms with Crippen LogP contribution in [0.25, 0.3) is 0 Å². The average Bonchev–Trinajstić information content (AvgIpc) is 2.33. The molecule has 0 aliphatic heterocycles. The molecule has 0 spiro atoms. The summed E-state index contributed by atoms with van der Waals surface area (Å²) in [6.07, 6.45) is 2.95. The number of carbonyl (C=O) groups excluding carboxylic acids is 1. The lowest BCUT2D eigenvalue weighted by Crippen LogP contribution is -2.52. The van der Waals surface area contributed by atoms with Crippen LogP contribution in [0.5, 0.6) is 0 Å². The molecule has 0 aliphatic rings. The highest BCUT2D eigenvalue weighted by Crippen LogP contribution is 2.09. The Balaban J connectivity index is 4.07. The lowest BCUT2D eigenvalue weighted by Gasteiger charge is -2.25. The Morgan fingerprint density at radius 2 is 1.89 bits per heavy atom. The molecule has 5 nitrogen and oxygen atoms in total. The molecule has 0 radical (unpaired) electrons. The van der Waals surface area contributed by atoms with Crippen molar-refractivity contribution in [1.82, 2.24) is 10.2 Å². The molecule has 1 unspecified atom stereocenters. The number of nitrogens with one attached hydrogen (secondary N) is 1. The fourth-order valence-electron chi connectivity index (χ4n) is 1.50. The van der Waals surface area contributed by atoms with Crippen LogP contribution in [0.15, 0.2) is 0 Å². The third kappa shape index (κ3) is 6.00. The molecule has 0 aromatic heterocycles. The minimum atomic E-state index is -1.15. The van der Waals surface area contributed by atoms with Gasteiger partial charge in [0.1, 0.15) is 5.54 Å². The van der Waals surface area contributed by atoms with Crippen molar-refractivity contribution in [2.45, 2.75) is 52.0 Å². The zero-order valence-corrected chi connectivity index (χ0v) is 12.0. The van der Waals surface area contributed by atoms with E-state index in [9.17, 15) is 9.59 Å². The first kappa shape index (κ1) is 16.9. The number of amides is 1. The number of carboxylic acids is 1. The second-order valence-electron chi connectivity index (χ2n) is 4.95. The Kier molecular flexibility index (Phi) is 7.59. The summed E-state index contributed by atoms with van der Waals surface area (Å²) in [5.41, 5.74) is -1.15. The Hall–Kier alpha value is -1.10. The van der Waals surface area contributed by atoms with Crippen LogP contribution >= 0.6 is 0 Å². The predicted molar refractivity (Wildman–Crippen MR) is 71.5 cm³/mol. The lowest BCUT2D eigenvalue weighted by molar-refractivity contribution is -0.147. The second-order valence-corrected chi connectivity index (χ2v) is 4.95. The second kappa shape index (κ2) is 8.08. The van der Waals surface area contributed by atoms with Gasteiger partial charge in [0.15, 0.2) is 0 Å². The molecule has 0 saturated carbocycles. The van der Waals surface area contributed by atoms with Crippen LogP contribution in [0.4, 0.5) is 0 Å². The summed E-state index contributed by atoms with van der Waals surface area (Å²) in [5.74, 6) is -1.19. The Labute approximate surface area is 110 Å². The molecular weight excluding hydrogens is 232 g/mol. The number of carbonyl (C=O) groups is 2. The van der Waals surface area contributed by atoms with Crippen molar-refractivity contribution in [2.75, 3.05) is 20.1 Å². The molecule has 1 amide bonds. The van der Waals surface area contributed by atoms with E-state index in [0.717, 1.165) is 19.4 Å². The van der Waals surface area contributed by atoms with Gasteiger partial charge in [0.25, 0.3) is 0 Å². The topological polar surface area (TPSA) is 69.6 Å². The molecule has 18 heavy (non-hydrogen) atoms. The van der Waals surface area contributed by atoms with Crippen molar-refractivity contribution >= 4 is 11.9 Å². The monoisotopic (exact) mass is 258 g/mol. The summed E-state index contributed by atoms with van der Waals surface area (Å²) < 4.78 is 0. The van der Waals surface area contributed by atoms with Gasteiger partial charge in [-0.2, -0.15) is 0 Å². The van der Waals surface area contributed by atoms with E-state index in [1.165, 1.54) is 6.92 Å². The van der Waals surface area contributed by atoms with Gasteiger partial charge in [0, 0.05) is 13.0 Å². The van der Waals surface area contributed by atoms with E-state index in [0.29, 0.717) is 19.4 Å². The van der Waals surface area contributed by atoms with Crippen LogP contribution in [0.2, 0.25) is 0 Å². The third-order valence-corrected chi connectivity index (χ3v) is 3.21. The van der Waals surface area contributed by atoms with Crippen molar-refractivity contribution in [3.05, 3.63) is 0 Å². The van der Waals surface area contributed by atoms with Crippen molar-refractivity contribution in [3.63, 3.8) is 0 Å². The summed E-state index contributed by atoms with van der Waals surface area (Å²) >= 11 is 0. The van der Waals surface area contributed by atoms with E-state index < -0.39 is 11.5 Å². The number of hydrogen-bond acceptors (Lipinski definition) is 3. The molecule has 2 N–H and O–H groups in total. The quantitative estimate of drug-likeness (QED) is 0.657. The Bertz CT molecular complexity index is 281. The van der Waals surface area contributed by atoms with Crippen LogP contribution in [-0.2, 0) is 9.59 Å². The van der Waals surface area contributed by atoms with Gasteiger partial charge >= 0.3 is 5.97 Å². The lowest BCUT2D eigenvalue weighted by atomic mass is 9.99. The SMILES string of the molecule is CCCCN(C)CCC(=O)NC(C)(CC)C(=O)O. The van der Waals surface area contributed by atoms with Crippen LogP contribution in [-0.4, -0.2) is 47.6 Å². The Morgan fingerprint density at radius 1 is 1.28 bits per heavy atom. The van der Waals surface area contributed by atoms with Crippen molar-refractivity contribution in [1.29, 1.82) is 0 Å². The molecule has 5 heteroatoms. The first-order valence-corrected chi connectivity index (χ1v) is 6.58. The Morgan fingerprint density at radius 3 is 2.33 bits per heavy atom. The van der Waals surface area contributed by atoms with E-state index in [2.05, 4.69) is 17.1 Å². The van der Waals surface area contributed by atoms with Gasteiger partial charge in [-0.1, -0.05) is 20.3 Å². The van der Waals surface area contributed by atoms with Gasteiger partial charge in [-0.15, -0.1) is 0 Å². The highest BCUT2D eigenvalue weighted by Gasteiger charge is 2.32. The van der Waals surface area contributed by atoms with E-state index in [1.54, 1.807) is 6.92 Å². The van der Waals surface area contributed by atoms with Crippen molar-refractivity contribution < 1.29 is 14.7 Å². The number of carboxylic acid groups (broad SMARTS) is 1. The normalized spacial score (nSPS) is 14.3. The number of nitrogens with zero attached hydrogens (tertiary/aromatic N) is 1. The molecule has 0 bridgehead atoms. The first-order valence-electron chi connectivity index (χ1n) is 6.58. The molecular formula is C13H26N2O3. The molecule has 0 aromatic carbocycles. The number of aliphatic carboxylic acids is 1. The van der Waals surface area contributed by atoms with Gasteiger partial charge in [-0.3, -0.25) is 4.79 Å². The van der Waals surface area contributed by atoms with Crippen LogP contribution in [0.1, 0.15) is 46.5 Å². The van der Waals surface area contributed by atoms with E-state index >= 15 is 0 Å². The van der Waals surface area contributed by atoms with Crippen LogP contribution < -0.4 is 5.32 Å². The number of hydrogen-bond donors (Lipinski definition) is 2. The summed E-state index contributed by atoms with van der Waals surface area (Å²) in [6, 6.07) is 0. The van der Waals surface area contributed by atoms with Crippen LogP contribution in [0.3, 0.4) is 0 Å². The van der Waals surface area contributed by atoms with Gasteiger partial charge in [0.05, 0.1) is 0 Å². The van der Waals surface area contributed by atoms with Gasteiger partial charge in [-0.05, 0) is 33.4 Å². The largest absolute Gasteiger partial charge is 0.480 e. The fourth-order valence-corrected chi connectivity index (χ4v) is 1.50. The minimum Gasteiger partial charge on any atom is -0.480 e. The van der Waals surface area contributed by atoms with E-state index in [4.69, 9.17) is 5.11 Å². The summed E-state index contributed by atoms with van der Waals surface area (Å²) in [7, 11) is 1.97. The molecule has 106 valence electrons. The highest BCUT2D eigenvalue weighted by atomic mass is 16.4. The molecule has 0 rings (SSSR count). The highest BCUT2D eigenvalue weighted by molar-refractivity contribution is 5.86. The molecule has 0 aromatic rings. The zero-order chi connectivity index (χ0) is 14.2. The van der Waals surface area contributed by atoms with Gasteiger partial charge < -0.3 is 15.3 Å². The maximum absolute atomic E-state index is 11.7. The maximum atomic E-state index is 11.7. The van der Waals surface area contributed by atoms with Crippen molar-refractivity contribution in [3.8, 4) is 0 Å². The number of unbranched alkanes of at least 4 members (excludes halogenated alkanes) is 1. The molecule has 0 fully saturated rings. The zero-order valence-electron chi connectivity index (χ0n) is 12.0. The van der Waals surface area contributed by atoms with E-state index in [-0.39, 0.29) is 5.91 Å². The average molecular weight is 258 g/mol. The first-order chi connectivity index (χ1) is 8.35. The van der Waals surface area contributed by atoms with Gasteiger partial charge in [0.2, 0.25) is 5.91 Å². The molecule has 1 atom stereocenters. The molecule has 0 heterocycles. The summed E-state index contributed by atoms with van der Waals surface area (Å²) in [6.45, 7) is 7.04. The molecule has 0 saturated heterocycles. The smallest absolute Gasteiger partial charge is 0.329 e. The molecule has 0 aliphatic carbocycles. The standard InChI is InChI=1S/C13H26N2O3/c1-5-7-9-15(4)10-8-11(16)14-13(3,6-2)12(17)18/h5-10H2,1-4H3,(H,14,16)(H,17,18). The summed E-state index contributed by atoms with van der Waals surface area (Å²) in [5, 5.41) is 11.6. The number of rotatable bonds is 9. The maximum Gasteiger partial charge on any atom is 0.329 e. The fraction of sp³-hybridized carbons (Fsp3) is 0.846.